The Labute approximate surface area is 195 Å². The van der Waals surface area contributed by atoms with E-state index in [4.69, 9.17) is 0 Å². The molecule has 1 N–H and O–H groups in total. The molecular formula is C28H29N3O2. The summed E-state index contributed by atoms with van der Waals surface area (Å²) in [7, 11) is 0. The minimum Gasteiger partial charge on any atom is -0.372 e. The Hall–Kier alpha value is -3.86. The number of nitrogens with one attached hydrogen (secondary N) is 1. The van der Waals surface area contributed by atoms with Crippen LogP contribution in [0.4, 0.5) is 17.1 Å². The average molecular weight is 440 g/mol. The quantitative estimate of drug-likeness (QED) is 0.491. The van der Waals surface area contributed by atoms with Gasteiger partial charge in [0.05, 0.1) is 11.3 Å². The highest BCUT2D eigenvalue weighted by atomic mass is 16.2. The van der Waals surface area contributed by atoms with Gasteiger partial charge in [-0.1, -0.05) is 48.0 Å². The van der Waals surface area contributed by atoms with Gasteiger partial charge in [0.15, 0.2) is 0 Å². The summed E-state index contributed by atoms with van der Waals surface area (Å²) in [5, 5.41) is 3.25. The summed E-state index contributed by atoms with van der Waals surface area (Å²) in [6.07, 6.45) is 0. The maximum Gasteiger partial charge on any atom is 0.282 e. The molecule has 0 bridgehead atoms. The highest BCUT2D eigenvalue weighted by molar-refractivity contribution is 6.46. The van der Waals surface area contributed by atoms with Gasteiger partial charge < -0.3 is 10.2 Å². The second-order valence-corrected chi connectivity index (χ2v) is 8.19. The lowest BCUT2D eigenvalue weighted by molar-refractivity contribution is -0.120. The normalized spacial score (nSPS) is 13.6. The molecule has 0 radical (unpaired) electrons. The number of imide groups is 1. The van der Waals surface area contributed by atoms with Crippen molar-refractivity contribution >= 4 is 34.4 Å². The largest absolute Gasteiger partial charge is 0.372 e. The van der Waals surface area contributed by atoms with Crippen LogP contribution >= 0.6 is 0 Å². The van der Waals surface area contributed by atoms with E-state index in [1.54, 1.807) is 6.07 Å². The zero-order valence-corrected chi connectivity index (χ0v) is 19.6. The van der Waals surface area contributed by atoms with E-state index in [9.17, 15) is 9.59 Å². The van der Waals surface area contributed by atoms with E-state index in [2.05, 4.69) is 24.1 Å². The number of rotatable bonds is 7. The van der Waals surface area contributed by atoms with Crippen molar-refractivity contribution in [3.8, 4) is 0 Å². The Balaban J connectivity index is 1.75. The lowest BCUT2D eigenvalue weighted by Gasteiger charge is -2.21. The van der Waals surface area contributed by atoms with E-state index >= 15 is 0 Å². The fourth-order valence-corrected chi connectivity index (χ4v) is 4.16. The molecular weight excluding hydrogens is 410 g/mol. The number of carbonyl (C=O) groups is 2. The van der Waals surface area contributed by atoms with Gasteiger partial charge >= 0.3 is 0 Å². The van der Waals surface area contributed by atoms with Gasteiger partial charge in [-0.15, -0.1) is 0 Å². The third-order valence-electron chi connectivity index (χ3n) is 6.05. The van der Waals surface area contributed by atoms with E-state index in [0.717, 1.165) is 41.2 Å². The molecule has 3 aromatic rings. The number of benzene rings is 3. The van der Waals surface area contributed by atoms with Gasteiger partial charge in [0.1, 0.15) is 5.70 Å². The fraction of sp³-hybridized carbons (Fsp3) is 0.214. The first-order valence-electron chi connectivity index (χ1n) is 11.3. The van der Waals surface area contributed by atoms with Crippen molar-refractivity contribution in [2.45, 2.75) is 27.7 Å². The topological polar surface area (TPSA) is 52.7 Å². The number of hydrogen-bond donors (Lipinski definition) is 1. The van der Waals surface area contributed by atoms with Crippen LogP contribution in [0.15, 0.2) is 78.5 Å². The predicted octanol–water partition coefficient (Wildman–Crippen LogP) is 5.55. The van der Waals surface area contributed by atoms with Crippen molar-refractivity contribution in [3.63, 3.8) is 0 Å². The van der Waals surface area contributed by atoms with Crippen LogP contribution in [0.2, 0.25) is 0 Å². The van der Waals surface area contributed by atoms with Gasteiger partial charge in [0.25, 0.3) is 11.8 Å². The van der Waals surface area contributed by atoms with Crippen LogP contribution in [-0.2, 0) is 9.59 Å². The highest BCUT2D eigenvalue weighted by Crippen LogP contribution is 2.35. The van der Waals surface area contributed by atoms with Gasteiger partial charge in [-0.25, -0.2) is 4.90 Å². The van der Waals surface area contributed by atoms with Gasteiger partial charge in [0, 0.05) is 24.5 Å². The van der Waals surface area contributed by atoms with Crippen LogP contribution in [-0.4, -0.2) is 24.9 Å². The minimum absolute atomic E-state index is 0.294. The Bertz CT molecular complexity index is 1210. The fourth-order valence-electron chi connectivity index (χ4n) is 4.16. The molecule has 2 amide bonds. The number of amides is 2. The molecule has 0 atom stereocenters. The molecule has 0 unspecified atom stereocenters. The predicted molar refractivity (Wildman–Crippen MR) is 135 cm³/mol. The van der Waals surface area contributed by atoms with Crippen LogP contribution in [0.25, 0.3) is 5.57 Å². The monoisotopic (exact) mass is 439 g/mol. The maximum absolute atomic E-state index is 13.6. The number of carbonyl (C=O) groups excluding carboxylic acids is 2. The molecule has 4 rings (SSSR count). The second-order valence-electron chi connectivity index (χ2n) is 8.19. The van der Waals surface area contributed by atoms with Crippen molar-refractivity contribution in [3.05, 3.63) is 95.2 Å². The summed E-state index contributed by atoms with van der Waals surface area (Å²) in [5.74, 6) is -0.668. The smallest absolute Gasteiger partial charge is 0.282 e. The van der Waals surface area contributed by atoms with Crippen molar-refractivity contribution in [1.82, 2.24) is 0 Å². The Morgan fingerprint density at radius 1 is 0.788 bits per heavy atom. The Morgan fingerprint density at radius 3 is 2.03 bits per heavy atom. The molecule has 0 spiro atoms. The van der Waals surface area contributed by atoms with Gasteiger partial charge in [-0.3, -0.25) is 9.59 Å². The average Bonchev–Trinajstić information content (AvgIpc) is 3.06. The summed E-state index contributed by atoms with van der Waals surface area (Å²) in [6, 6.07) is 23.1. The zero-order valence-electron chi connectivity index (χ0n) is 19.6. The molecule has 1 aliphatic heterocycles. The number of anilines is 3. The highest BCUT2D eigenvalue weighted by Gasteiger charge is 2.40. The number of hydrogen-bond acceptors (Lipinski definition) is 4. The molecule has 5 nitrogen and oxygen atoms in total. The van der Waals surface area contributed by atoms with Crippen LogP contribution < -0.4 is 15.1 Å². The number of nitrogens with zero attached hydrogens (tertiary/aromatic N) is 2. The molecule has 33 heavy (non-hydrogen) atoms. The molecule has 5 heteroatoms. The molecule has 1 aliphatic rings. The molecule has 0 fully saturated rings. The lowest BCUT2D eigenvalue weighted by Crippen LogP contribution is -2.33. The summed E-state index contributed by atoms with van der Waals surface area (Å²) >= 11 is 0. The summed E-state index contributed by atoms with van der Waals surface area (Å²) in [6.45, 7) is 9.98. The molecule has 1 heterocycles. The van der Waals surface area contributed by atoms with Crippen LogP contribution in [0, 0.1) is 13.8 Å². The van der Waals surface area contributed by atoms with E-state index in [0.29, 0.717) is 17.0 Å². The second kappa shape index (κ2) is 9.33. The van der Waals surface area contributed by atoms with Crippen molar-refractivity contribution in [2.24, 2.45) is 0 Å². The minimum atomic E-state index is -0.349. The van der Waals surface area contributed by atoms with E-state index < -0.39 is 0 Å². The SMILES string of the molecule is CCN(CC)c1ccc(NC2=C(c3ccc(C)cc3)C(=O)N(c3ccccc3C)C2=O)cc1. The Kier molecular flexibility index (Phi) is 6.31. The number of para-hydroxylation sites is 1. The van der Waals surface area contributed by atoms with Gasteiger partial charge in [-0.2, -0.15) is 0 Å². The first-order chi connectivity index (χ1) is 15.9. The molecule has 3 aromatic carbocycles. The van der Waals surface area contributed by atoms with Crippen molar-refractivity contribution < 1.29 is 9.59 Å². The van der Waals surface area contributed by atoms with Gasteiger partial charge in [0.2, 0.25) is 0 Å². The van der Waals surface area contributed by atoms with Crippen LogP contribution in [0.3, 0.4) is 0 Å². The van der Waals surface area contributed by atoms with Crippen molar-refractivity contribution in [1.29, 1.82) is 0 Å². The molecule has 0 saturated carbocycles. The maximum atomic E-state index is 13.6. The van der Waals surface area contributed by atoms with E-state index in [1.807, 2.05) is 80.6 Å². The van der Waals surface area contributed by atoms with E-state index in [1.165, 1.54) is 4.90 Å². The number of aryl methyl sites for hydroxylation is 2. The zero-order chi connectivity index (χ0) is 23.5. The van der Waals surface area contributed by atoms with Gasteiger partial charge in [-0.05, 0) is 69.2 Å². The summed E-state index contributed by atoms with van der Waals surface area (Å²) < 4.78 is 0. The molecule has 0 aromatic heterocycles. The Morgan fingerprint density at radius 2 is 1.42 bits per heavy atom. The van der Waals surface area contributed by atoms with Crippen molar-refractivity contribution in [2.75, 3.05) is 28.2 Å². The molecule has 168 valence electrons. The summed E-state index contributed by atoms with van der Waals surface area (Å²) in [5.41, 5.74) is 5.84. The van der Waals surface area contributed by atoms with Crippen LogP contribution in [0.5, 0.6) is 0 Å². The summed E-state index contributed by atoms with van der Waals surface area (Å²) in [4.78, 5) is 30.7. The lowest BCUT2D eigenvalue weighted by atomic mass is 10.0. The standard InChI is InChI=1S/C28H29N3O2/c1-5-30(6-2)23-17-15-22(16-18-23)29-26-25(21-13-11-19(3)12-14-21)27(32)31(28(26)33)24-10-8-7-9-20(24)4/h7-18,29H,5-6H2,1-4H3. The molecule has 0 aliphatic carbocycles. The molecule has 0 saturated heterocycles. The third-order valence-corrected chi connectivity index (χ3v) is 6.05. The van der Waals surface area contributed by atoms with E-state index in [-0.39, 0.29) is 11.8 Å². The third kappa shape index (κ3) is 4.27. The first kappa shape index (κ1) is 22.3. The first-order valence-corrected chi connectivity index (χ1v) is 11.3. The van der Waals surface area contributed by atoms with Crippen LogP contribution in [0.1, 0.15) is 30.5 Å².